The highest BCUT2D eigenvalue weighted by Gasteiger charge is 2.24. The first-order valence-corrected chi connectivity index (χ1v) is 6.64. The Kier molecular flexibility index (Phi) is 2.69. The molecule has 0 spiro atoms. The second kappa shape index (κ2) is 4.23. The van der Waals surface area contributed by atoms with Crippen molar-refractivity contribution in [2.24, 2.45) is 0 Å². The van der Waals surface area contributed by atoms with Crippen molar-refractivity contribution in [1.29, 1.82) is 0 Å². The number of anilines is 1. The number of nitrogens with zero attached hydrogens (tertiary/aromatic N) is 1. The number of fused-ring (bicyclic) bond motifs is 1. The summed E-state index contributed by atoms with van der Waals surface area (Å²) in [6.45, 7) is 1.94. The zero-order chi connectivity index (χ0) is 12.7. The van der Waals surface area contributed by atoms with Crippen LogP contribution in [0.2, 0.25) is 5.02 Å². The molecule has 1 aromatic heterocycles. The predicted molar refractivity (Wildman–Crippen MR) is 74.8 cm³/mol. The first-order chi connectivity index (χ1) is 8.63. The maximum absolute atomic E-state index is 11.9. The van der Waals surface area contributed by atoms with E-state index in [0.717, 1.165) is 22.0 Å². The van der Waals surface area contributed by atoms with Gasteiger partial charge in [-0.15, -0.1) is 11.3 Å². The number of aryl methyl sites for hydroxylation is 1. The van der Waals surface area contributed by atoms with Gasteiger partial charge in [-0.2, -0.15) is 0 Å². The van der Waals surface area contributed by atoms with Gasteiger partial charge in [0.05, 0.1) is 22.0 Å². The molecule has 0 fully saturated rings. The minimum atomic E-state index is -0.113. The van der Waals surface area contributed by atoms with Gasteiger partial charge in [0.15, 0.2) is 0 Å². The van der Waals surface area contributed by atoms with E-state index in [1.54, 1.807) is 29.5 Å². The van der Waals surface area contributed by atoms with Crippen LogP contribution in [0.5, 0.6) is 0 Å². The normalized spacial score (nSPS) is 15.9. The van der Waals surface area contributed by atoms with Crippen LogP contribution in [0.3, 0.4) is 0 Å². The number of hydrogen-bond donors (Lipinski definition) is 1. The molecule has 90 valence electrons. The third-order valence-electron chi connectivity index (χ3n) is 2.69. The monoisotopic (exact) mass is 276 g/mol. The van der Waals surface area contributed by atoms with Crippen LogP contribution in [0, 0.1) is 6.92 Å². The summed E-state index contributed by atoms with van der Waals surface area (Å²) in [5, 5.41) is 6.33. The second-order valence-electron chi connectivity index (χ2n) is 3.99. The Balaban J connectivity index is 2.09. The smallest absolute Gasteiger partial charge is 0.256 e. The van der Waals surface area contributed by atoms with E-state index in [1.807, 2.05) is 18.4 Å². The molecule has 0 bridgehead atoms. The Labute approximate surface area is 113 Å². The van der Waals surface area contributed by atoms with Crippen LogP contribution >= 0.6 is 22.9 Å². The van der Waals surface area contributed by atoms with Gasteiger partial charge in [0.2, 0.25) is 0 Å². The van der Waals surface area contributed by atoms with E-state index in [9.17, 15) is 4.79 Å². The molecule has 2 heterocycles. The zero-order valence-corrected chi connectivity index (χ0v) is 11.1. The van der Waals surface area contributed by atoms with E-state index in [0.29, 0.717) is 10.6 Å². The van der Waals surface area contributed by atoms with Gasteiger partial charge in [-0.3, -0.25) is 4.79 Å². The van der Waals surface area contributed by atoms with Gasteiger partial charge in [-0.1, -0.05) is 17.7 Å². The van der Waals surface area contributed by atoms with Gasteiger partial charge in [-0.05, 0) is 25.1 Å². The van der Waals surface area contributed by atoms with Crippen molar-refractivity contribution >= 4 is 46.2 Å². The van der Waals surface area contributed by atoms with Gasteiger partial charge in [-0.25, -0.2) is 4.98 Å². The Hall–Kier alpha value is -1.65. The fourth-order valence-corrected chi connectivity index (χ4v) is 2.65. The number of amides is 1. The number of benzene rings is 1. The lowest BCUT2D eigenvalue weighted by Gasteiger charge is -1.97. The number of aromatic nitrogens is 1. The third-order valence-corrected chi connectivity index (χ3v) is 3.72. The summed E-state index contributed by atoms with van der Waals surface area (Å²) in [6, 6.07) is 5.38. The van der Waals surface area contributed by atoms with Crippen LogP contribution in [0.4, 0.5) is 5.69 Å². The summed E-state index contributed by atoms with van der Waals surface area (Å²) >= 11 is 7.47. The number of nitrogens with one attached hydrogen (secondary N) is 1. The van der Waals surface area contributed by atoms with Crippen molar-refractivity contribution < 1.29 is 4.79 Å². The lowest BCUT2D eigenvalue weighted by Crippen LogP contribution is -2.03. The van der Waals surface area contributed by atoms with Gasteiger partial charge in [0.25, 0.3) is 5.91 Å². The Bertz CT molecular complexity index is 675. The summed E-state index contributed by atoms with van der Waals surface area (Å²) in [6.07, 6.45) is 1.80. The van der Waals surface area contributed by atoms with Crippen LogP contribution in [-0.4, -0.2) is 10.9 Å². The molecular formula is C13H9ClN2OS. The van der Waals surface area contributed by atoms with Crippen molar-refractivity contribution in [3.63, 3.8) is 0 Å². The highest BCUT2D eigenvalue weighted by Crippen LogP contribution is 2.34. The van der Waals surface area contributed by atoms with Crippen molar-refractivity contribution in [2.45, 2.75) is 6.92 Å². The average molecular weight is 277 g/mol. The lowest BCUT2D eigenvalue weighted by molar-refractivity contribution is -0.110. The first-order valence-electron chi connectivity index (χ1n) is 5.38. The van der Waals surface area contributed by atoms with Crippen molar-refractivity contribution in [1.82, 2.24) is 4.98 Å². The molecule has 1 aliphatic heterocycles. The standard InChI is InChI=1S/C13H9ClN2OS/c1-7-15-9(6-18-7)5-11-10-3-2-8(14)4-12(10)16-13(11)17/h2-6H,1H3,(H,16,17)/b11-5-. The van der Waals surface area contributed by atoms with Crippen molar-refractivity contribution in [2.75, 3.05) is 5.32 Å². The number of carbonyl (C=O) groups excluding carboxylic acids is 1. The molecule has 5 heteroatoms. The van der Waals surface area contributed by atoms with Crippen LogP contribution in [0.15, 0.2) is 23.6 Å². The minimum Gasteiger partial charge on any atom is -0.321 e. The number of thiazole rings is 1. The molecule has 0 atom stereocenters. The van der Waals surface area contributed by atoms with E-state index < -0.39 is 0 Å². The van der Waals surface area contributed by atoms with Crippen molar-refractivity contribution in [3.05, 3.63) is 44.9 Å². The van der Waals surface area contributed by atoms with E-state index in [1.165, 1.54) is 0 Å². The van der Waals surface area contributed by atoms with E-state index in [2.05, 4.69) is 10.3 Å². The van der Waals surface area contributed by atoms with Crippen LogP contribution in [0.1, 0.15) is 16.3 Å². The Morgan fingerprint density at radius 3 is 3.00 bits per heavy atom. The first kappa shape index (κ1) is 11.4. The number of halogens is 1. The summed E-state index contributed by atoms with van der Waals surface area (Å²) in [5.74, 6) is -0.113. The topological polar surface area (TPSA) is 42.0 Å². The highest BCUT2D eigenvalue weighted by atomic mass is 35.5. The van der Waals surface area contributed by atoms with Crippen LogP contribution in [-0.2, 0) is 4.79 Å². The zero-order valence-electron chi connectivity index (χ0n) is 9.53. The highest BCUT2D eigenvalue weighted by molar-refractivity contribution is 7.09. The largest absolute Gasteiger partial charge is 0.321 e. The fraction of sp³-hybridized carbons (Fsp3) is 0.0769. The number of rotatable bonds is 1. The minimum absolute atomic E-state index is 0.113. The summed E-state index contributed by atoms with van der Waals surface area (Å²) in [4.78, 5) is 16.2. The van der Waals surface area contributed by atoms with Gasteiger partial charge in [0.1, 0.15) is 0 Å². The molecule has 0 saturated heterocycles. The summed E-state index contributed by atoms with van der Waals surface area (Å²) < 4.78 is 0. The molecule has 1 amide bonds. The second-order valence-corrected chi connectivity index (χ2v) is 5.49. The molecule has 1 N–H and O–H groups in total. The fourth-order valence-electron chi connectivity index (χ4n) is 1.90. The van der Waals surface area contributed by atoms with E-state index in [4.69, 9.17) is 11.6 Å². The summed E-state index contributed by atoms with van der Waals surface area (Å²) in [5.41, 5.74) is 3.07. The molecule has 0 saturated carbocycles. The molecule has 2 aromatic rings. The SMILES string of the molecule is Cc1nc(/C=C2\C(=O)Nc3cc(Cl)ccc32)cs1. The van der Waals surface area contributed by atoms with E-state index >= 15 is 0 Å². The third kappa shape index (κ3) is 1.94. The molecule has 18 heavy (non-hydrogen) atoms. The van der Waals surface area contributed by atoms with Crippen LogP contribution < -0.4 is 5.32 Å². The maximum atomic E-state index is 11.9. The predicted octanol–water partition coefficient (Wildman–Crippen LogP) is 3.60. The summed E-state index contributed by atoms with van der Waals surface area (Å²) in [7, 11) is 0. The van der Waals surface area contributed by atoms with E-state index in [-0.39, 0.29) is 5.91 Å². The van der Waals surface area contributed by atoms with Crippen molar-refractivity contribution in [3.8, 4) is 0 Å². The average Bonchev–Trinajstić information content (AvgIpc) is 2.84. The van der Waals surface area contributed by atoms with Gasteiger partial charge >= 0.3 is 0 Å². The number of carbonyl (C=O) groups is 1. The lowest BCUT2D eigenvalue weighted by atomic mass is 10.1. The quantitative estimate of drug-likeness (QED) is 0.809. The molecule has 0 radical (unpaired) electrons. The van der Waals surface area contributed by atoms with Gasteiger partial charge < -0.3 is 5.32 Å². The maximum Gasteiger partial charge on any atom is 0.256 e. The van der Waals surface area contributed by atoms with Gasteiger partial charge in [0, 0.05) is 16.0 Å². The molecule has 0 unspecified atom stereocenters. The Morgan fingerprint density at radius 1 is 1.44 bits per heavy atom. The molecule has 1 aromatic carbocycles. The molecule has 1 aliphatic rings. The van der Waals surface area contributed by atoms with Crippen LogP contribution in [0.25, 0.3) is 11.6 Å². The molecule has 3 nitrogen and oxygen atoms in total. The molecular weight excluding hydrogens is 268 g/mol. The Morgan fingerprint density at radius 2 is 2.28 bits per heavy atom. The molecule has 0 aliphatic carbocycles. The molecule has 3 rings (SSSR count). The number of hydrogen-bond acceptors (Lipinski definition) is 3.